The average Bonchev–Trinajstić information content (AvgIpc) is 2.89. The molecule has 0 aromatic carbocycles. The smallest absolute Gasteiger partial charge is 0.312 e. The topological polar surface area (TPSA) is 26.3 Å². The van der Waals surface area contributed by atoms with Gasteiger partial charge in [0.05, 0.1) is 5.41 Å². The van der Waals surface area contributed by atoms with Gasteiger partial charge in [-0.3, -0.25) is 4.79 Å². The number of carbonyl (C=O) groups is 1. The molecule has 0 aliphatic heterocycles. The van der Waals surface area contributed by atoms with Crippen LogP contribution in [0.5, 0.6) is 0 Å². The molecule has 0 saturated heterocycles. The normalized spacial score (nSPS) is 26.8. The first kappa shape index (κ1) is 9.04. The van der Waals surface area contributed by atoms with Gasteiger partial charge in [0.15, 0.2) is 0 Å². The van der Waals surface area contributed by atoms with Gasteiger partial charge in [-0.2, -0.15) is 0 Å². The molecule has 0 aromatic heterocycles. The molecule has 0 unspecified atom stereocenters. The van der Waals surface area contributed by atoms with Crippen molar-refractivity contribution >= 4 is 5.97 Å². The van der Waals surface area contributed by atoms with Gasteiger partial charge in [0.2, 0.25) is 0 Å². The van der Waals surface area contributed by atoms with Gasteiger partial charge in [-0.05, 0) is 32.6 Å². The molecular formula is C11H18O2. The highest BCUT2D eigenvalue weighted by Crippen LogP contribution is 2.38. The molecule has 0 spiro atoms. The fourth-order valence-corrected chi connectivity index (χ4v) is 2.02. The summed E-state index contributed by atoms with van der Waals surface area (Å²) < 4.78 is 5.36. The number of ether oxygens (including phenoxy) is 1. The summed E-state index contributed by atoms with van der Waals surface area (Å²) >= 11 is 0. The van der Waals surface area contributed by atoms with Gasteiger partial charge in [0, 0.05) is 0 Å². The van der Waals surface area contributed by atoms with E-state index in [2.05, 4.69) is 6.92 Å². The first-order valence-corrected chi connectivity index (χ1v) is 5.42. The zero-order valence-corrected chi connectivity index (χ0v) is 8.34. The summed E-state index contributed by atoms with van der Waals surface area (Å²) in [6.45, 7) is 2.07. The van der Waals surface area contributed by atoms with E-state index >= 15 is 0 Å². The summed E-state index contributed by atoms with van der Waals surface area (Å²) in [7, 11) is 0. The van der Waals surface area contributed by atoms with Crippen LogP contribution in [0.1, 0.15) is 51.9 Å². The van der Waals surface area contributed by atoms with Gasteiger partial charge in [0.25, 0.3) is 0 Å². The third-order valence-electron chi connectivity index (χ3n) is 3.25. The molecule has 2 nitrogen and oxygen atoms in total. The Bertz CT molecular complexity index is 200. The molecule has 0 bridgehead atoms. The van der Waals surface area contributed by atoms with Crippen LogP contribution in [0.4, 0.5) is 0 Å². The monoisotopic (exact) mass is 182 g/mol. The van der Waals surface area contributed by atoms with Crippen molar-refractivity contribution in [1.82, 2.24) is 0 Å². The highest BCUT2D eigenvalue weighted by atomic mass is 16.5. The molecule has 2 heteroatoms. The second-order valence-corrected chi connectivity index (χ2v) is 4.73. The summed E-state index contributed by atoms with van der Waals surface area (Å²) in [6, 6.07) is 0. The van der Waals surface area contributed by atoms with Gasteiger partial charge in [-0.1, -0.05) is 19.3 Å². The van der Waals surface area contributed by atoms with E-state index < -0.39 is 0 Å². The van der Waals surface area contributed by atoms with E-state index in [1.807, 2.05) is 0 Å². The number of rotatable bonds is 2. The zero-order valence-electron chi connectivity index (χ0n) is 8.34. The maximum Gasteiger partial charge on any atom is 0.312 e. The van der Waals surface area contributed by atoms with Gasteiger partial charge in [-0.15, -0.1) is 0 Å². The number of esters is 1. The van der Waals surface area contributed by atoms with E-state index in [0.29, 0.717) is 0 Å². The second-order valence-electron chi connectivity index (χ2n) is 4.73. The fraction of sp³-hybridized carbons (Fsp3) is 0.909. The predicted molar refractivity (Wildman–Crippen MR) is 50.3 cm³/mol. The minimum atomic E-state index is -0.152. The van der Waals surface area contributed by atoms with E-state index in [4.69, 9.17) is 4.74 Å². The van der Waals surface area contributed by atoms with Gasteiger partial charge in [0.1, 0.15) is 6.10 Å². The summed E-state index contributed by atoms with van der Waals surface area (Å²) in [5.41, 5.74) is -0.152. The summed E-state index contributed by atoms with van der Waals surface area (Å²) in [4.78, 5) is 11.7. The Morgan fingerprint density at radius 1 is 1.23 bits per heavy atom. The third-order valence-corrected chi connectivity index (χ3v) is 3.25. The van der Waals surface area contributed by atoms with Gasteiger partial charge < -0.3 is 4.74 Å². The predicted octanol–water partition coefficient (Wildman–Crippen LogP) is 2.66. The highest BCUT2D eigenvalue weighted by molar-refractivity contribution is 5.76. The lowest BCUT2D eigenvalue weighted by Crippen LogP contribution is -2.32. The van der Waals surface area contributed by atoms with Crippen molar-refractivity contribution in [3.05, 3.63) is 0 Å². The third kappa shape index (κ3) is 2.04. The molecule has 2 fully saturated rings. The lowest BCUT2D eigenvalue weighted by Gasteiger charge is -2.30. The number of carbonyl (C=O) groups excluding carboxylic acids is 1. The first-order valence-electron chi connectivity index (χ1n) is 5.42. The Hall–Kier alpha value is -0.530. The van der Waals surface area contributed by atoms with E-state index in [1.165, 1.54) is 19.3 Å². The molecule has 0 atom stereocenters. The van der Waals surface area contributed by atoms with Crippen molar-refractivity contribution in [2.24, 2.45) is 5.41 Å². The second kappa shape index (κ2) is 3.32. The SMILES string of the molecule is CC1(C(=O)OC2CC2)CCCCC1. The standard InChI is InChI=1S/C11H18O2/c1-11(7-3-2-4-8-11)10(12)13-9-5-6-9/h9H,2-8H2,1H3. The van der Waals surface area contributed by atoms with Crippen LogP contribution in [0.15, 0.2) is 0 Å². The molecule has 0 amide bonds. The lowest BCUT2D eigenvalue weighted by molar-refractivity contribution is -0.158. The van der Waals surface area contributed by atoms with Crippen LogP contribution in [0.25, 0.3) is 0 Å². The Labute approximate surface area is 79.7 Å². The van der Waals surface area contributed by atoms with Crippen LogP contribution in [-0.4, -0.2) is 12.1 Å². The van der Waals surface area contributed by atoms with E-state index in [-0.39, 0.29) is 17.5 Å². The molecule has 13 heavy (non-hydrogen) atoms. The molecule has 2 rings (SSSR count). The van der Waals surface area contributed by atoms with Crippen molar-refractivity contribution < 1.29 is 9.53 Å². The molecule has 74 valence electrons. The molecular weight excluding hydrogens is 164 g/mol. The number of hydrogen-bond donors (Lipinski definition) is 0. The largest absolute Gasteiger partial charge is 0.462 e. The zero-order chi connectivity index (χ0) is 9.31. The summed E-state index contributed by atoms with van der Waals surface area (Å²) in [5, 5.41) is 0. The fourth-order valence-electron chi connectivity index (χ4n) is 2.02. The molecule has 0 aromatic rings. The molecule has 2 aliphatic carbocycles. The summed E-state index contributed by atoms with van der Waals surface area (Å²) in [6.07, 6.45) is 8.16. The van der Waals surface area contributed by atoms with Crippen LogP contribution >= 0.6 is 0 Å². The summed E-state index contributed by atoms with van der Waals surface area (Å²) in [5.74, 6) is 0.0645. The van der Waals surface area contributed by atoms with Crippen LogP contribution in [0.2, 0.25) is 0 Å². The Balaban J connectivity index is 1.90. The van der Waals surface area contributed by atoms with Crippen molar-refractivity contribution in [1.29, 1.82) is 0 Å². The van der Waals surface area contributed by atoms with Crippen molar-refractivity contribution in [3.8, 4) is 0 Å². The van der Waals surface area contributed by atoms with E-state index in [9.17, 15) is 4.79 Å². The van der Waals surface area contributed by atoms with Gasteiger partial charge in [-0.25, -0.2) is 0 Å². The maximum atomic E-state index is 11.7. The van der Waals surface area contributed by atoms with Crippen LogP contribution in [0.3, 0.4) is 0 Å². The Morgan fingerprint density at radius 2 is 1.85 bits per heavy atom. The highest BCUT2D eigenvalue weighted by Gasteiger charge is 2.39. The molecule has 0 N–H and O–H groups in total. The molecule has 2 saturated carbocycles. The molecule has 0 radical (unpaired) electrons. The van der Waals surface area contributed by atoms with Gasteiger partial charge >= 0.3 is 5.97 Å². The lowest BCUT2D eigenvalue weighted by atomic mass is 9.76. The average molecular weight is 182 g/mol. The van der Waals surface area contributed by atoms with E-state index in [1.54, 1.807) is 0 Å². The van der Waals surface area contributed by atoms with Crippen LogP contribution < -0.4 is 0 Å². The van der Waals surface area contributed by atoms with E-state index in [0.717, 1.165) is 25.7 Å². The minimum Gasteiger partial charge on any atom is -0.462 e. The number of hydrogen-bond acceptors (Lipinski definition) is 2. The Morgan fingerprint density at radius 3 is 2.38 bits per heavy atom. The van der Waals surface area contributed by atoms with Crippen LogP contribution in [-0.2, 0) is 9.53 Å². The first-order chi connectivity index (χ1) is 6.21. The van der Waals surface area contributed by atoms with Crippen molar-refractivity contribution in [2.75, 3.05) is 0 Å². The molecule has 0 heterocycles. The minimum absolute atomic E-state index is 0.0645. The van der Waals surface area contributed by atoms with Crippen molar-refractivity contribution in [2.45, 2.75) is 58.0 Å². The molecule has 2 aliphatic rings. The van der Waals surface area contributed by atoms with Crippen molar-refractivity contribution in [3.63, 3.8) is 0 Å². The Kier molecular flexibility index (Phi) is 2.31. The van der Waals surface area contributed by atoms with Crippen LogP contribution in [0, 0.1) is 5.41 Å². The maximum absolute atomic E-state index is 11.7. The quantitative estimate of drug-likeness (QED) is 0.614.